The summed E-state index contributed by atoms with van der Waals surface area (Å²) in [6.45, 7) is 1.69. The van der Waals surface area contributed by atoms with E-state index in [2.05, 4.69) is 15.5 Å². The van der Waals surface area contributed by atoms with Gasteiger partial charge >= 0.3 is 0 Å². The van der Waals surface area contributed by atoms with Crippen LogP contribution in [0.5, 0.6) is 0 Å². The molecule has 0 bridgehead atoms. The lowest BCUT2D eigenvalue weighted by Gasteiger charge is -2.22. The molecule has 1 aliphatic heterocycles. The third kappa shape index (κ3) is 1.49. The van der Waals surface area contributed by atoms with Crippen LogP contribution in [0.25, 0.3) is 11.4 Å². The normalized spacial score (nSPS) is 16.1. The first-order valence-corrected chi connectivity index (χ1v) is 5.14. The predicted molar refractivity (Wildman–Crippen MR) is 55.3 cm³/mol. The van der Waals surface area contributed by atoms with Gasteiger partial charge < -0.3 is 9.84 Å². The minimum atomic E-state index is -0.332. The van der Waals surface area contributed by atoms with E-state index in [1.54, 1.807) is 18.2 Å². The molecule has 16 heavy (non-hydrogen) atoms. The Kier molecular flexibility index (Phi) is 2.18. The number of rotatable bonds is 2. The van der Waals surface area contributed by atoms with E-state index < -0.39 is 0 Å². The highest BCUT2D eigenvalue weighted by molar-refractivity contribution is 5.54. The summed E-state index contributed by atoms with van der Waals surface area (Å²) in [7, 11) is 0. The highest BCUT2D eigenvalue weighted by Gasteiger charge is 2.25. The van der Waals surface area contributed by atoms with Gasteiger partial charge in [-0.15, -0.1) is 0 Å². The minimum absolute atomic E-state index is 0.271. The van der Waals surface area contributed by atoms with Gasteiger partial charge in [0.1, 0.15) is 5.82 Å². The summed E-state index contributed by atoms with van der Waals surface area (Å²) in [5, 5.41) is 6.91. The third-order valence-corrected chi connectivity index (χ3v) is 2.69. The Morgan fingerprint density at radius 2 is 2.12 bits per heavy atom. The largest absolute Gasteiger partial charge is 0.339 e. The molecule has 1 saturated heterocycles. The van der Waals surface area contributed by atoms with Crippen LogP contribution in [-0.4, -0.2) is 23.2 Å². The molecule has 1 aromatic heterocycles. The molecule has 0 amide bonds. The zero-order chi connectivity index (χ0) is 11.0. The summed E-state index contributed by atoms with van der Waals surface area (Å²) in [5.74, 6) is 0.839. The average molecular weight is 219 g/mol. The molecular formula is C11H10FN3O. The number of benzene rings is 1. The zero-order valence-electron chi connectivity index (χ0n) is 8.48. The van der Waals surface area contributed by atoms with Gasteiger partial charge in [-0.3, -0.25) is 0 Å². The second-order valence-electron chi connectivity index (χ2n) is 3.79. The molecule has 2 aromatic rings. The SMILES string of the molecule is Fc1ccccc1-c1noc(C2CNC2)n1. The Bertz CT molecular complexity index is 507. The van der Waals surface area contributed by atoms with E-state index in [0.29, 0.717) is 17.3 Å². The van der Waals surface area contributed by atoms with Gasteiger partial charge in [0.15, 0.2) is 0 Å². The lowest BCUT2D eigenvalue weighted by Crippen LogP contribution is -2.40. The Hall–Kier alpha value is -1.75. The summed E-state index contributed by atoms with van der Waals surface area (Å²) in [6.07, 6.45) is 0. The number of aromatic nitrogens is 2. The molecular weight excluding hydrogens is 209 g/mol. The average Bonchev–Trinajstić information content (AvgIpc) is 2.65. The van der Waals surface area contributed by atoms with E-state index in [1.165, 1.54) is 6.07 Å². The smallest absolute Gasteiger partial charge is 0.232 e. The van der Waals surface area contributed by atoms with Crippen LogP contribution in [0.1, 0.15) is 11.8 Å². The lowest BCUT2D eigenvalue weighted by atomic mass is 10.0. The van der Waals surface area contributed by atoms with Crippen molar-refractivity contribution in [3.63, 3.8) is 0 Å². The molecule has 0 radical (unpaired) electrons. The van der Waals surface area contributed by atoms with Crippen LogP contribution in [0.2, 0.25) is 0 Å². The number of nitrogens with zero attached hydrogens (tertiary/aromatic N) is 2. The van der Waals surface area contributed by atoms with E-state index in [0.717, 1.165) is 13.1 Å². The van der Waals surface area contributed by atoms with Crippen LogP contribution < -0.4 is 5.32 Å². The van der Waals surface area contributed by atoms with Crippen molar-refractivity contribution in [1.29, 1.82) is 0 Å². The van der Waals surface area contributed by atoms with Crippen LogP contribution >= 0.6 is 0 Å². The molecule has 1 aromatic carbocycles. The van der Waals surface area contributed by atoms with Gasteiger partial charge in [-0.1, -0.05) is 17.3 Å². The van der Waals surface area contributed by atoms with Crippen LogP contribution in [0.4, 0.5) is 4.39 Å². The van der Waals surface area contributed by atoms with Crippen molar-refractivity contribution in [3.8, 4) is 11.4 Å². The molecule has 82 valence electrons. The molecule has 5 heteroatoms. The predicted octanol–water partition coefficient (Wildman–Crippen LogP) is 1.56. The molecule has 4 nitrogen and oxygen atoms in total. The van der Waals surface area contributed by atoms with Crippen molar-refractivity contribution in [2.24, 2.45) is 0 Å². The van der Waals surface area contributed by atoms with E-state index in [-0.39, 0.29) is 11.7 Å². The number of halogens is 1. The van der Waals surface area contributed by atoms with Crippen molar-refractivity contribution in [1.82, 2.24) is 15.5 Å². The molecule has 1 N–H and O–H groups in total. The fraction of sp³-hybridized carbons (Fsp3) is 0.273. The Morgan fingerprint density at radius 1 is 1.31 bits per heavy atom. The van der Waals surface area contributed by atoms with Crippen molar-refractivity contribution in [2.45, 2.75) is 5.92 Å². The molecule has 3 rings (SSSR count). The van der Waals surface area contributed by atoms with Crippen molar-refractivity contribution in [2.75, 3.05) is 13.1 Å². The zero-order valence-corrected chi connectivity index (χ0v) is 8.48. The summed E-state index contributed by atoms with van der Waals surface area (Å²) < 4.78 is 18.6. The fourth-order valence-corrected chi connectivity index (χ4v) is 1.62. The summed E-state index contributed by atoms with van der Waals surface area (Å²) in [4.78, 5) is 4.21. The number of nitrogens with one attached hydrogen (secondary N) is 1. The fourth-order valence-electron chi connectivity index (χ4n) is 1.62. The van der Waals surface area contributed by atoms with Gasteiger partial charge in [-0.25, -0.2) is 4.39 Å². The van der Waals surface area contributed by atoms with Gasteiger partial charge in [0, 0.05) is 13.1 Å². The minimum Gasteiger partial charge on any atom is -0.339 e. The first-order chi connectivity index (χ1) is 7.84. The summed E-state index contributed by atoms with van der Waals surface area (Å²) in [6, 6.07) is 6.41. The van der Waals surface area contributed by atoms with Crippen LogP contribution in [0, 0.1) is 5.82 Å². The lowest BCUT2D eigenvalue weighted by molar-refractivity contribution is 0.308. The molecule has 0 atom stereocenters. The molecule has 1 fully saturated rings. The van der Waals surface area contributed by atoms with Gasteiger partial charge in [0.25, 0.3) is 0 Å². The Labute approximate surface area is 91.5 Å². The maximum Gasteiger partial charge on any atom is 0.232 e. The van der Waals surface area contributed by atoms with Crippen molar-refractivity contribution >= 4 is 0 Å². The van der Waals surface area contributed by atoms with Gasteiger partial charge in [-0.2, -0.15) is 4.98 Å². The molecule has 0 unspecified atom stereocenters. The van der Waals surface area contributed by atoms with Crippen molar-refractivity contribution < 1.29 is 8.91 Å². The Morgan fingerprint density at radius 3 is 2.81 bits per heavy atom. The maximum atomic E-state index is 13.4. The first kappa shape index (κ1) is 9.47. The Balaban J connectivity index is 1.95. The summed E-state index contributed by atoms with van der Waals surface area (Å²) >= 11 is 0. The highest BCUT2D eigenvalue weighted by atomic mass is 19.1. The molecule has 1 aliphatic rings. The number of hydrogen-bond donors (Lipinski definition) is 1. The molecule has 0 spiro atoms. The first-order valence-electron chi connectivity index (χ1n) is 5.14. The van der Waals surface area contributed by atoms with E-state index in [1.807, 2.05) is 0 Å². The van der Waals surface area contributed by atoms with Crippen LogP contribution in [0.3, 0.4) is 0 Å². The van der Waals surface area contributed by atoms with Gasteiger partial charge in [0.2, 0.25) is 11.7 Å². The van der Waals surface area contributed by atoms with Crippen molar-refractivity contribution in [3.05, 3.63) is 36.0 Å². The van der Waals surface area contributed by atoms with Crippen LogP contribution in [-0.2, 0) is 0 Å². The molecule has 0 saturated carbocycles. The number of hydrogen-bond acceptors (Lipinski definition) is 4. The van der Waals surface area contributed by atoms with E-state index >= 15 is 0 Å². The molecule has 2 heterocycles. The highest BCUT2D eigenvalue weighted by Crippen LogP contribution is 2.23. The monoisotopic (exact) mass is 219 g/mol. The van der Waals surface area contributed by atoms with E-state index in [9.17, 15) is 4.39 Å². The quantitative estimate of drug-likeness (QED) is 0.832. The summed E-state index contributed by atoms with van der Waals surface area (Å²) in [5.41, 5.74) is 0.379. The topological polar surface area (TPSA) is 51.0 Å². The van der Waals surface area contributed by atoms with Gasteiger partial charge in [0.05, 0.1) is 11.5 Å². The second-order valence-corrected chi connectivity index (χ2v) is 3.79. The third-order valence-electron chi connectivity index (χ3n) is 2.69. The van der Waals surface area contributed by atoms with Crippen LogP contribution in [0.15, 0.2) is 28.8 Å². The second kappa shape index (κ2) is 3.68. The van der Waals surface area contributed by atoms with E-state index in [4.69, 9.17) is 4.52 Å². The molecule has 0 aliphatic carbocycles. The maximum absolute atomic E-state index is 13.4. The van der Waals surface area contributed by atoms with Gasteiger partial charge in [-0.05, 0) is 12.1 Å². The standard InChI is InChI=1S/C11H10FN3O/c12-9-4-2-1-3-8(9)10-14-11(16-15-10)7-5-13-6-7/h1-4,7,13H,5-6H2.